The van der Waals surface area contributed by atoms with Crippen LogP contribution >= 0.6 is 0 Å². The lowest BCUT2D eigenvalue weighted by Gasteiger charge is -2.00. The van der Waals surface area contributed by atoms with Gasteiger partial charge in [-0.25, -0.2) is 14.0 Å². The zero-order chi connectivity index (χ0) is 10.3. The van der Waals surface area contributed by atoms with E-state index in [9.17, 15) is 18.4 Å². The Hall–Kier alpha value is -1.72. The second kappa shape index (κ2) is 5.87. The number of carbonyl (C=O) groups excluding carboxylic acids is 1. The molecule has 4 nitrogen and oxygen atoms in total. The van der Waals surface area contributed by atoms with Crippen molar-refractivity contribution in [3.8, 4) is 0 Å². The summed E-state index contributed by atoms with van der Waals surface area (Å²) in [6, 6.07) is 0. The smallest absolute Gasteiger partial charge is 0.333 e. The van der Waals surface area contributed by atoms with Crippen molar-refractivity contribution in [2.24, 2.45) is 0 Å². The Kier molecular flexibility index (Phi) is 5.09. The Morgan fingerprint density at radius 2 is 2.00 bits per heavy atom. The molecule has 1 atom stereocenters. The van der Waals surface area contributed by atoms with Crippen LogP contribution in [0.4, 0.5) is 8.78 Å². The molecular weight excluding hydrogens is 186 g/mol. The fraction of sp³-hybridized carbons (Fsp3) is 0.143. The Morgan fingerprint density at radius 1 is 1.38 bits per heavy atom. The molecule has 0 aliphatic carbocycles. The molecule has 6 heteroatoms. The van der Waals surface area contributed by atoms with Gasteiger partial charge in [0.1, 0.15) is 0 Å². The van der Waals surface area contributed by atoms with E-state index in [0.29, 0.717) is 18.2 Å². The molecule has 0 saturated carbocycles. The molecule has 0 aliphatic rings. The summed E-state index contributed by atoms with van der Waals surface area (Å²) < 4.78 is 27.4. The van der Waals surface area contributed by atoms with E-state index in [1.807, 2.05) is 0 Å². The Labute approximate surface area is 72.1 Å². The summed E-state index contributed by atoms with van der Waals surface area (Å²) in [4.78, 5) is 20.3. The quantitative estimate of drug-likeness (QED) is 0.532. The maximum atomic E-state index is 12.2. The number of carboxylic acids is 1. The highest BCUT2D eigenvalue weighted by Crippen LogP contribution is 1.97. The zero-order valence-corrected chi connectivity index (χ0v) is 6.31. The van der Waals surface area contributed by atoms with Crippen LogP contribution in [0.15, 0.2) is 24.6 Å². The fourth-order valence-electron chi connectivity index (χ4n) is 0.386. The number of aliphatic carboxylic acids is 1. The molecule has 0 saturated heterocycles. The van der Waals surface area contributed by atoms with Crippen molar-refractivity contribution < 1.29 is 28.2 Å². The number of carboxylic acid groups (broad SMARTS) is 1. The van der Waals surface area contributed by atoms with Gasteiger partial charge in [0.2, 0.25) is 0 Å². The van der Waals surface area contributed by atoms with E-state index in [1.165, 1.54) is 0 Å². The fourth-order valence-corrected chi connectivity index (χ4v) is 0.386. The van der Waals surface area contributed by atoms with E-state index in [4.69, 9.17) is 5.11 Å². The highest BCUT2D eigenvalue weighted by atomic mass is 19.1. The lowest BCUT2D eigenvalue weighted by atomic mass is 10.5. The summed E-state index contributed by atoms with van der Waals surface area (Å²) >= 11 is 0. The Bertz CT molecular complexity index is 247. The molecule has 0 radical (unpaired) electrons. The molecule has 0 heterocycles. The van der Waals surface area contributed by atoms with Crippen molar-refractivity contribution in [2.75, 3.05) is 0 Å². The minimum atomic E-state index is -2.21. The van der Waals surface area contributed by atoms with Gasteiger partial charge in [0.15, 0.2) is 0 Å². The summed E-state index contributed by atoms with van der Waals surface area (Å²) in [5.74, 6) is -2.57. The van der Waals surface area contributed by atoms with Gasteiger partial charge < -0.3 is 9.84 Å². The van der Waals surface area contributed by atoms with E-state index in [1.54, 1.807) is 0 Å². The van der Waals surface area contributed by atoms with Crippen molar-refractivity contribution in [3.63, 3.8) is 0 Å². The maximum Gasteiger partial charge on any atom is 0.333 e. The van der Waals surface area contributed by atoms with E-state index >= 15 is 0 Å². The first kappa shape index (κ1) is 11.3. The summed E-state index contributed by atoms with van der Waals surface area (Å²) in [5, 5.41) is 8.04. The molecule has 0 aromatic rings. The minimum Gasteiger partial charge on any atom is -0.478 e. The van der Waals surface area contributed by atoms with Gasteiger partial charge in [0.25, 0.3) is 6.36 Å². The van der Waals surface area contributed by atoms with Crippen molar-refractivity contribution in [3.05, 3.63) is 24.6 Å². The summed E-state index contributed by atoms with van der Waals surface area (Å²) in [7, 11) is 0. The van der Waals surface area contributed by atoms with Crippen LogP contribution in [0.3, 0.4) is 0 Å². The van der Waals surface area contributed by atoms with Crippen LogP contribution in [-0.2, 0) is 14.3 Å². The van der Waals surface area contributed by atoms with Gasteiger partial charge in [-0.2, -0.15) is 4.39 Å². The average molecular weight is 192 g/mol. The van der Waals surface area contributed by atoms with Crippen LogP contribution in [0.1, 0.15) is 0 Å². The molecule has 0 aromatic heterocycles. The SMILES string of the molecule is O=C(O)C=CC(=O)OC(F)C=CF. The van der Waals surface area contributed by atoms with Gasteiger partial charge >= 0.3 is 11.9 Å². The largest absolute Gasteiger partial charge is 0.478 e. The summed E-state index contributed by atoms with van der Waals surface area (Å²) in [6.07, 6.45) is -0.989. The predicted octanol–water partition coefficient (Wildman–Crippen LogP) is 0.949. The number of hydrogen-bond donors (Lipinski definition) is 1. The monoisotopic (exact) mass is 192 g/mol. The normalized spacial score (nSPS) is 13.4. The van der Waals surface area contributed by atoms with Crippen LogP contribution in [-0.4, -0.2) is 23.4 Å². The highest BCUT2D eigenvalue weighted by molar-refractivity contribution is 5.90. The van der Waals surface area contributed by atoms with Gasteiger partial charge in [-0.1, -0.05) is 0 Å². The number of ether oxygens (including phenoxy) is 1. The third kappa shape index (κ3) is 6.67. The second-order valence-corrected chi connectivity index (χ2v) is 1.78. The van der Waals surface area contributed by atoms with Crippen LogP contribution in [0.2, 0.25) is 0 Å². The molecule has 13 heavy (non-hydrogen) atoms. The van der Waals surface area contributed by atoms with Crippen molar-refractivity contribution in [1.29, 1.82) is 0 Å². The number of esters is 1. The number of carbonyl (C=O) groups is 2. The number of halogens is 2. The molecular formula is C7H6F2O4. The van der Waals surface area contributed by atoms with Gasteiger partial charge in [0.05, 0.1) is 6.33 Å². The van der Waals surface area contributed by atoms with Gasteiger partial charge in [0, 0.05) is 18.2 Å². The summed E-state index contributed by atoms with van der Waals surface area (Å²) in [6.45, 7) is 0. The standard InChI is InChI=1S/C7H6F2O4/c8-4-3-5(9)13-7(12)2-1-6(10)11/h1-5H,(H,10,11). The lowest BCUT2D eigenvalue weighted by Crippen LogP contribution is -2.09. The number of rotatable bonds is 4. The first-order valence-electron chi connectivity index (χ1n) is 3.09. The third-order valence-corrected chi connectivity index (χ3v) is 0.815. The van der Waals surface area contributed by atoms with E-state index < -0.39 is 18.3 Å². The molecule has 72 valence electrons. The van der Waals surface area contributed by atoms with Crippen LogP contribution in [0.25, 0.3) is 0 Å². The van der Waals surface area contributed by atoms with Crippen molar-refractivity contribution in [2.45, 2.75) is 6.36 Å². The lowest BCUT2D eigenvalue weighted by molar-refractivity contribution is -0.147. The molecule has 1 unspecified atom stereocenters. The summed E-state index contributed by atoms with van der Waals surface area (Å²) in [5.41, 5.74) is 0. The van der Waals surface area contributed by atoms with Crippen LogP contribution in [0, 0.1) is 0 Å². The molecule has 0 fully saturated rings. The predicted molar refractivity (Wildman–Crippen MR) is 38.0 cm³/mol. The van der Waals surface area contributed by atoms with Gasteiger partial charge in [-0.15, -0.1) is 0 Å². The molecule has 1 N–H and O–H groups in total. The molecule has 0 aliphatic heterocycles. The Balaban J connectivity index is 3.94. The molecule has 0 bridgehead atoms. The van der Waals surface area contributed by atoms with Crippen molar-refractivity contribution >= 4 is 11.9 Å². The van der Waals surface area contributed by atoms with Crippen molar-refractivity contribution in [1.82, 2.24) is 0 Å². The van der Waals surface area contributed by atoms with Crippen LogP contribution in [0.5, 0.6) is 0 Å². The molecule has 0 amide bonds. The van der Waals surface area contributed by atoms with E-state index in [-0.39, 0.29) is 6.33 Å². The first-order valence-corrected chi connectivity index (χ1v) is 3.09. The van der Waals surface area contributed by atoms with E-state index in [2.05, 4.69) is 4.74 Å². The molecule has 0 rings (SSSR count). The molecule has 0 spiro atoms. The Morgan fingerprint density at radius 3 is 2.46 bits per heavy atom. The highest BCUT2D eigenvalue weighted by Gasteiger charge is 2.06. The minimum absolute atomic E-state index is 0.126. The first-order chi connectivity index (χ1) is 6.06. The van der Waals surface area contributed by atoms with E-state index in [0.717, 1.165) is 0 Å². The van der Waals surface area contributed by atoms with Crippen LogP contribution < -0.4 is 0 Å². The van der Waals surface area contributed by atoms with Gasteiger partial charge in [-0.05, 0) is 0 Å². The third-order valence-electron chi connectivity index (χ3n) is 0.815. The maximum absolute atomic E-state index is 12.2. The number of hydrogen-bond acceptors (Lipinski definition) is 3. The average Bonchev–Trinajstić information content (AvgIpc) is 2.01. The second-order valence-electron chi connectivity index (χ2n) is 1.78. The topological polar surface area (TPSA) is 63.6 Å². The number of alkyl halides is 1. The van der Waals surface area contributed by atoms with Gasteiger partial charge in [-0.3, -0.25) is 0 Å². The zero-order valence-electron chi connectivity index (χ0n) is 6.31. The molecule has 0 aromatic carbocycles.